The van der Waals surface area contributed by atoms with Crippen molar-refractivity contribution >= 4 is 27.3 Å². The maximum absolute atomic E-state index is 12.9. The Hall–Kier alpha value is -2.05. The number of halogens is 1. The highest BCUT2D eigenvalue weighted by Gasteiger charge is 2.34. The fourth-order valence-corrected chi connectivity index (χ4v) is 5.16. The van der Waals surface area contributed by atoms with Crippen molar-refractivity contribution in [3.05, 3.63) is 64.7 Å². The topological polar surface area (TPSA) is 63.7 Å². The van der Waals surface area contributed by atoms with Crippen LogP contribution in [0.5, 0.6) is 5.75 Å². The lowest BCUT2D eigenvalue weighted by Gasteiger charge is -2.28. The molecule has 0 radical (unpaired) electrons. The quantitative estimate of drug-likeness (QED) is 0.737. The van der Waals surface area contributed by atoms with E-state index < -0.39 is 9.84 Å². The molecular weight excluding hydrogens is 386 g/mol. The van der Waals surface area contributed by atoms with E-state index in [1.807, 2.05) is 43.3 Å². The van der Waals surface area contributed by atoms with Gasteiger partial charge in [-0.25, -0.2) is 8.42 Å². The second-order valence-electron chi connectivity index (χ2n) is 6.76. The number of aryl methyl sites for hydroxylation is 1. The van der Waals surface area contributed by atoms with Crippen molar-refractivity contribution < 1.29 is 17.9 Å². The molecule has 1 amide bonds. The molecule has 2 aromatic rings. The number of carbonyl (C=O) groups is 1. The summed E-state index contributed by atoms with van der Waals surface area (Å²) < 4.78 is 29.5. The summed E-state index contributed by atoms with van der Waals surface area (Å²) in [7, 11) is -3.11. The van der Waals surface area contributed by atoms with E-state index in [-0.39, 0.29) is 30.1 Å². The summed E-state index contributed by atoms with van der Waals surface area (Å²) in [5.74, 6) is 0.507. The predicted octanol–water partition coefficient (Wildman–Crippen LogP) is 3.24. The number of para-hydroxylation sites is 1. The van der Waals surface area contributed by atoms with Gasteiger partial charge in [-0.05, 0) is 42.7 Å². The number of nitrogens with zero attached hydrogens (tertiary/aromatic N) is 1. The molecule has 0 saturated carbocycles. The van der Waals surface area contributed by atoms with E-state index in [1.165, 1.54) is 0 Å². The highest BCUT2D eigenvalue weighted by atomic mass is 35.5. The minimum Gasteiger partial charge on any atom is -0.484 e. The zero-order chi connectivity index (χ0) is 19.4. The number of amides is 1. The maximum Gasteiger partial charge on any atom is 0.261 e. The van der Waals surface area contributed by atoms with Crippen LogP contribution < -0.4 is 4.74 Å². The summed E-state index contributed by atoms with van der Waals surface area (Å²) in [6, 6.07) is 14.4. The summed E-state index contributed by atoms with van der Waals surface area (Å²) in [5, 5.41) is 0.579. The smallest absolute Gasteiger partial charge is 0.261 e. The van der Waals surface area contributed by atoms with Gasteiger partial charge in [0.05, 0.1) is 11.5 Å². The average Bonchev–Trinajstić information content (AvgIpc) is 2.98. The Labute approximate surface area is 164 Å². The Bertz CT molecular complexity index is 929. The van der Waals surface area contributed by atoms with Crippen LogP contribution in [0.15, 0.2) is 48.5 Å². The van der Waals surface area contributed by atoms with E-state index in [9.17, 15) is 13.2 Å². The first kappa shape index (κ1) is 19.7. The lowest BCUT2D eigenvalue weighted by atomic mass is 10.1. The van der Waals surface area contributed by atoms with Crippen LogP contribution in [0.1, 0.15) is 17.5 Å². The number of sulfone groups is 1. The summed E-state index contributed by atoms with van der Waals surface area (Å²) >= 11 is 6.05. The van der Waals surface area contributed by atoms with Crippen molar-refractivity contribution in [2.24, 2.45) is 0 Å². The van der Waals surface area contributed by atoms with Gasteiger partial charge in [0.15, 0.2) is 16.4 Å². The third-order valence-corrected chi connectivity index (χ3v) is 6.64. The number of rotatable bonds is 6. The molecular formula is C20H22ClNO4S. The largest absolute Gasteiger partial charge is 0.484 e. The molecule has 27 heavy (non-hydrogen) atoms. The van der Waals surface area contributed by atoms with Gasteiger partial charge in [-0.3, -0.25) is 4.79 Å². The minimum absolute atomic E-state index is 0.0102. The Kier molecular flexibility index (Phi) is 6.07. The highest BCUT2D eigenvalue weighted by molar-refractivity contribution is 7.91. The van der Waals surface area contributed by atoms with E-state index in [4.69, 9.17) is 16.3 Å². The van der Waals surface area contributed by atoms with Crippen molar-refractivity contribution in [3.8, 4) is 5.75 Å². The standard InChI is InChI=1S/C20H22ClNO4S/c1-15-5-2-3-8-19(15)26-13-20(23)22(18-9-10-27(24,25)14-18)12-16-6-4-7-17(21)11-16/h2-8,11,18H,9-10,12-14H2,1H3/t18-/m0/s1. The van der Waals surface area contributed by atoms with Gasteiger partial charge in [-0.15, -0.1) is 0 Å². The molecule has 0 aliphatic carbocycles. The van der Waals surface area contributed by atoms with Crippen molar-refractivity contribution in [3.63, 3.8) is 0 Å². The molecule has 1 aliphatic heterocycles. The molecule has 0 N–H and O–H groups in total. The van der Waals surface area contributed by atoms with Crippen molar-refractivity contribution in [1.82, 2.24) is 4.90 Å². The normalized spacial score (nSPS) is 18.2. The Morgan fingerprint density at radius 3 is 2.67 bits per heavy atom. The number of hydrogen-bond donors (Lipinski definition) is 0. The van der Waals surface area contributed by atoms with Crippen LogP contribution >= 0.6 is 11.6 Å². The molecule has 0 unspecified atom stereocenters. The summed E-state index contributed by atoms with van der Waals surface area (Å²) in [5.41, 5.74) is 1.80. The zero-order valence-corrected chi connectivity index (χ0v) is 16.7. The lowest BCUT2D eigenvalue weighted by molar-refractivity contribution is -0.136. The molecule has 0 bridgehead atoms. The van der Waals surface area contributed by atoms with Gasteiger partial charge in [-0.1, -0.05) is 41.9 Å². The van der Waals surface area contributed by atoms with E-state index in [0.29, 0.717) is 23.7 Å². The lowest BCUT2D eigenvalue weighted by Crippen LogP contribution is -2.43. The van der Waals surface area contributed by atoms with Crippen LogP contribution in [0.3, 0.4) is 0 Å². The Morgan fingerprint density at radius 1 is 1.22 bits per heavy atom. The van der Waals surface area contributed by atoms with E-state index in [1.54, 1.807) is 17.0 Å². The third-order valence-electron chi connectivity index (χ3n) is 4.66. The summed E-state index contributed by atoms with van der Waals surface area (Å²) in [6.07, 6.45) is 0.443. The van der Waals surface area contributed by atoms with Gasteiger partial charge in [0.2, 0.25) is 0 Å². The van der Waals surface area contributed by atoms with Gasteiger partial charge < -0.3 is 9.64 Å². The highest BCUT2D eigenvalue weighted by Crippen LogP contribution is 2.22. The van der Waals surface area contributed by atoms with Gasteiger partial charge in [0.25, 0.3) is 5.91 Å². The van der Waals surface area contributed by atoms with E-state index in [0.717, 1.165) is 11.1 Å². The number of benzene rings is 2. The SMILES string of the molecule is Cc1ccccc1OCC(=O)N(Cc1cccc(Cl)c1)[C@H]1CCS(=O)(=O)C1. The number of ether oxygens (including phenoxy) is 1. The fraction of sp³-hybridized carbons (Fsp3) is 0.350. The first-order valence-electron chi connectivity index (χ1n) is 8.77. The molecule has 2 aromatic carbocycles. The summed E-state index contributed by atoms with van der Waals surface area (Å²) in [4.78, 5) is 14.5. The van der Waals surface area contributed by atoms with Crippen molar-refractivity contribution in [1.29, 1.82) is 0 Å². The fourth-order valence-electron chi connectivity index (χ4n) is 3.21. The van der Waals surface area contributed by atoms with E-state index in [2.05, 4.69) is 0 Å². The van der Waals surface area contributed by atoms with Crippen LogP contribution in [-0.2, 0) is 21.2 Å². The molecule has 144 valence electrons. The predicted molar refractivity (Wildman–Crippen MR) is 106 cm³/mol. The molecule has 0 spiro atoms. The van der Waals surface area contributed by atoms with Gasteiger partial charge >= 0.3 is 0 Å². The van der Waals surface area contributed by atoms with E-state index >= 15 is 0 Å². The molecule has 1 heterocycles. The molecule has 5 nitrogen and oxygen atoms in total. The molecule has 7 heteroatoms. The van der Waals surface area contributed by atoms with Crippen LogP contribution in [-0.4, -0.2) is 43.4 Å². The maximum atomic E-state index is 12.9. The van der Waals surface area contributed by atoms with Gasteiger partial charge in [-0.2, -0.15) is 0 Å². The molecule has 3 rings (SSSR count). The monoisotopic (exact) mass is 407 g/mol. The first-order valence-corrected chi connectivity index (χ1v) is 11.0. The van der Waals surface area contributed by atoms with Crippen LogP contribution in [0.2, 0.25) is 5.02 Å². The molecule has 1 atom stereocenters. The number of hydrogen-bond acceptors (Lipinski definition) is 4. The molecule has 0 aromatic heterocycles. The van der Waals surface area contributed by atoms with Crippen LogP contribution in [0.4, 0.5) is 0 Å². The summed E-state index contributed by atoms with van der Waals surface area (Å²) in [6.45, 7) is 2.08. The molecule has 1 fully saturated rings. The van der Waals surface area contributed by atoms with Gasteiger partial charge in [0, 0.05) is 17.6 Å². The molecule has 1 aliphatic rings. The second-order valence-corrected chi connectivity index (χ2v) is 9.43. The minimum atomic E-state index is -3.11. The third kappa shape index (κ3) is 5.23. The molecule has 1 saturated heterocycles. The Morgan fingerprint density at radius 2 is 2.00 bits per heavy atom. The van der Waals surface area contributed by atoms with Crippen molar-refractivity contribution in [2.45, 2.75) is 25.9 Å². The number of carbonyl (C=O) groups excluding carboxylic acids is 1. The van der Waals surface area contributed by atoms with Crippen LogP contribution in [0.25, 0.3) is 0 Å². The van der Waals surface area contributed by atoms with Crippen LogP contribution in [0, 0.1) is 6.92 Å². The Balaban J connectivity index is 1.76. The average molecular weight is 408 g/mol. The first-order chi connectivity index (χ1) is 12.8. The second kappa shape index (κ2) is 8.31. The zero-order valence-electron chi connectivity index (χ0n) is 15.1. The van der Waals surface area contributed by atoms with Gasteiger partial charge in [0.1, 0.15) is 5.75 Å². The van der Waals surface area contributed by atoms with Crippen molar-refractivity contribution in [2.75, 3.05) is 18.1 Å².